The predicted octanol–water partition coefficient (Wildman–Crippen LogP) is 2.77. The molecule has 0 radical (unpaired) electrons. The van der Waals surface area contributed by atoms with E-state index in [9.17, 15) is 0 Å². The quantitative estimate of drug-likeness (QED) is 0.890. The summed E-state index contributed by atoms with van der Waals surface area (Å²) < 4.78 is 11.5. The number of rotatable bonds is 4. The molecule has 0 spiro atoms. The fourth-order valence-electron chi connectivity index (χ4n) is 2.13. The highest BCUT2D eigenvalue weighted by Gasteiger charge is 2.22. The lowest BCUT2D eigenvalue weighted by atomic mass is 10.0. The summed E-state index contributed by atoms with van der Waals surface area (Å²) in [5, 5.41) is 3.43. The van der Waals surface area contributed by atoms with Crippen LogP contribution in [-0.4, -0.2) is 25.8 Å². The number of hydrogen-bond donors (Lipinski definition) is 1. The maximum Gasteiger partial charge on any atom is 0.119 e. The summed E-state index contributed by atoms with van der Waals surface area (Å²) in [6, 6.07) is 8.62. The van der Waals surface area contributed by atoms with E-state index in [0.717, 1.165) is 25.5 Å². The van der Waals surface area contributed by atoms with Gasteiger partial charge in [-0.15, -0.1) is 0 Å². The van der Waals surface area contributed by atoms with Crippen molar-refractivity contribution in [1.82, 2.24) is 5.32 Å². The molecular weight excluding hydrogens is 226 g/mol. The summed E-state index contributed by atoms with van der Waals surface area (Å²) in [7, 11) is 0. The molecule has 0 bridgehead atoms. The van der Waals surface area contributed by atoms with Crippen LogP contribution in [-0.2, 0) is 4.74 Å². The largest absolute Gasteiger partial charge is 0.493 e. The Morgan fingerprint density at radius 2 is 2.06 bits per heavy atom. The van der Waals surface area contributed by atoms with Crippen LogP contribution in [0.5, 0.6) is 5.75 Å². The number of hydrogen-bond acceptors (Lipinski definition) is 3. The van der Waals surface area contributed by atoms with E-state index >= 15 is 0 Å². The van der Waals surface area contributed by atoms with Crippen LogP contribution < -0.4 is 10.1 Å². The van der Waals surface area contributed by atoms with Crippen molar-refractivity contribution in [1.29, 1.82) is 0 Å². The third-order valence-corrected chi connectivity index (χ3v) is 3.11. The van der Waals surface area contributed by atoms with Crippen LogP contribution in [0.25, 0.3) is 0 Å². The van der Waals surface area contributed by atoms with E-state index < -0.39 is 0 Å². The van der Waals surface area contributed by atoms with Gasteiger partial charge >= 0.3 is 0 Å². The lowest BCUT2D eigenvalue weighted by Crippen LogP contribution is -2.41. The maximum absolute atomic E-state index is 5.81. The summed E-state index contributed by atoms with van der Waals surface area (Å²) >= 11 is 0. The third kappa shape index (κ3) is 3.47. The first-order chi connectivity index (χ1) is 8.66. The van der Waals surface area contributed by atoms with E-state index in [0.29, 0.717) is 12.0 Å². The van der Waals surface area contributed by atoms with Crippen molar-refractivity contribution < 1.29 is 9.47 Å². The van der Waals surface area contributed by atoms with Gasteiger partial charge in [-0.05, 0) is 30.5 Å². The highest BCUT2D eigenvalue weighted by molar-refractivity contribution is 5.29. The molecule has 2 rings (SSSR count). The smallest absolute Gasteiger partial charge is 0.119 e. The fraction of sp³-hybridized carbons (Fsp3) is 0.600. The lowest BCUT2D eigenvalue weighted by molar-refractivity contribution is -0.000251. The zero-order chi connectivity index (χ0) is 13.0. The fourth-order valence-corrected chi connectivity index (χ4v) is 2.13. The Morgan fingerprint density at radius 1 is 1.33 bits per heavy atom. The summed E-state index contributed by atoms with van der Waals surface area (Å²) in [4.78, 5) is 0. The van der Waals surface area contributed by atoms with Crippen LogP contribution in [0, 0.1) is 5.92 Å². The normalized spacial score (nSPS) is 24.2. The second-order valence-electron chi connectivity index (χ2n) is 5.31. The molecule has 2 atom stereocenters. The topological polar surface area (TPSA) is 30.5 Å². The summed E-state index contributed by atoms with van der Waals surface area (Å²) in [5.41, 5.74) is 1.21. The lowest BCUT2D eigenvalue weighted by Gasteiger charge is -2.30. The van der Waals surface area contributed by atoms with Gasteiger partial charge < -0.3 is 14.8 Å². The molecule has 1 heterocycles. The molecule has 18 heavy (non-hydrogen) atoms. The minimum atomic E-state index is 0.151. The number of morpholine rings is 1. The second kappa shape index (κ2) is 6.21. The molecule has 3 nitrogen and oxygen atoms in total. The Labute approximate surface area is 109 Å². The molecule has 0 aromatic heterocycles. The van der Waals surface area contributed by atoms with Gasteiger partial charge in [0.05, 0.1) is 19.3 Å². The van der Waals surface area contributed by atoms with Crippen LogP contribution in [0.1, 0.15) is 32.4 Å². The Morgan fingerprint density at radius 3 is 2.67 bits per heavy atom. The van der Waals surface area contributed by atoms with Crippen LogP contribution in [0.3, 0.4) is 0 Å². The van der Waals surface area contributed by atoms with Crippen molar-refractivity contribution in [3.63, 3.8) is 0 Å². The zero-order valence-corrected chi connectivity index (χ0v) is 11.5. The molecule has 0 saturated carbocycles. The molecule has 0 amide bonds. The molecule has 1 N–H and O–H groups in total. The van der Waals surface area contributed by atoms with E-state index in [1.54, 1.807) is 0 Å². The van der Waals surface area contributed by atoms with Gasteiger partial charge in [-0.25, -0.2) is 0 Å². The van der Waals surface area contributed by atoms with Crippen molar-refractivity contribution in [2.24, 2.45) is 5.92 Å². The summed E-state index contributed by atoms with van der Waals surface area (Å²) in [6.07, 6.45) is 0.151. The van der Waals surface area contributed by atoms with Gasteiger partial charge in [0, 0.05) is 12.6 Å². The molecular formula is C15H23NO2. The third-order valence-electron chi connectivity index (χ3n) is 3.11. The molecule has 2 unspecified atom stereocenters. The van der Waals surface area contributed by atoms with Crippen molar-refractivity contribution >= 4 is 0 Å². The number of benzene rings is 1. The Kier molecular flexibility index (Phi) is 4.61. The summed E-state index contributed by atoms with van der Waals surface area (Å²) in [6.45, 7) is 8.94. The minimum absolute atomic E-state index is 0.151. The van der Waals surface area contributed by atoms with Gasteiger partial charge in [0.25, 0.3) is 0 Å². The van der Waals surface area contributed by atoms with Gasteiger partial charge in [0.1, 0.15) is 5.75 Å². The monoisotopic (exact) mass is 249 g/mol. The molecule has 1 saturated heterocycles. The first-order valence-corrected chi connectivity index (χ1v) is 6.74. The van der Waals surface area contributed by atoms with Crippen LogP contribution >= 0.6 is 0 Å². The van der Waals surface area contributed by atoms with Crippen molar-refractivity contribution in [3.05, 3.63) is 29.8 Å². The molecule has 100 valence electrons. The van der Waals surface area contributed by atoms with Crippen LogP contribution in [0.4, 0.5) is 0 Å². The molecule has 1 fully saturated rings. The van der Waals surface area contributed by atoms with Crippen molar-refractivity contribution in [2.75, 3.05) is 19.8 Å². The van der Waals surface area contributed by atoms with Gasteiger partial charge in [0.2, 0.25) is 0 Å². The second-order valence-corrected chi connectivity index (χ2v) is 5.31. The van der Waals surface area contributed by atoms with E-state index in [2.05, 4.69) is 38.2 Å². The van der Waals surface area contributed by atoms with E-state index in [4.69, 9.17) is 9.47 Å². The van der Waals surface area contributed by atoms with E-state index in [1.165, 1.54) is 5.56 Å². The average Bonchev–Trinajstić information content (AvgIpc) is 2.38. The predicted molar refractivity (Wildman–Crippen MR) is 72.9 cm³/mol. The first-order valence-electron chi connectivity index (χ1n) is 6.74. The summed E-state index contributed by atoms with van der Waals surface area (Å²) in [5.74, 6) is 1.49. The average molecular weight is 249 g/mol. The minimum Gasteiger partial charge on any atom is -0.493 e. The Hall–Kier alpha value is -1.06. The zero-order valence-electron chi connectivity index (χ0n) is 11.5. The van der Waals surface area contributed by atoms with Gasteiger partial charge in [-0.1, -0.05) is 26.0 Å². The van der Waals surface area contributed by atoms with Gasteiger partial charge in [-0.2, -0.15) is 0 Å². The molecule has 3 heteroatoms. The maximum atomic E-state index is 5.81. The van der Waals surface area contributed by atoms with Crippen LogP contribution in [0.2, 0.25) is 0 Å². The molecule has 1 aromatic rings. The highest BCUT2D eigenvalue weighted by atomic mass is 16.5. The number of nitrogens with one attached hydrogen (secondary N) is 1. The van der Waals surface area contributed by atoms with Crippen LogP contribution in [0.15, 0.2) is 24.3 Å². The van der Waals surface area contributed by atoms with E-state index in [1.807, 2.05) is 12.1 Å². The number of ether oxygens (including phenoxy) is 2. The SMILES string of the molecule is CC(C)COc1ccc(C2OCCNC2C)cc1. The molecule has 1 aromatic carbocycles. The van der Waals surface area contributed by atoms with E-state index in [-0.39, 0.29) is 6.10 Å². The van der Waals surface area contributed by atoms with Crippen molar-refractivity contribution in [3.8, 4) is 5.75 Å². The molecule has 1 aliphatic heterocycles. The standard InChI is InChI=1S/C15H23NO2/c1-11(2)10-18-14-6-4-13(5-7-14)15-12(3)16-8-9-17-15/h4-7,11-12,15-16H,8-10H2,1-3H3. The first kappa shape index (κ1) is 13.4. The Bertz CT molecular complexity index is 361. The Balaban J connectivity index is 1.98. The molecule has 0 aliphatic carbocycles. The highest BCUT2D eigenvalue weighted by Crippen LogP contribution is 2.25. The van der Waals surface area contributed by atoms with Gasteiger partial charge in [-0.3, -0.25) is 0 Å². The molecule has 1 aliphatic rings. The van der Waals surface area contributed by atoms with Gasteiger partial charge in [0.15, 0.2) is 0 Å². The van der Waals surface area contributed by atoms with Crippen molar-refractivity contribution in [2.45, 2.75) is 32.9 Å².